The average molecular weight is 373 g/mol. The van der Waals surface area contributed by atoms with E-state index in [0.29, 0.717) is 0 Å². The molecule has 0 saturated carbocycles. The van der Waals surface area contributed by atoms with Crippen molar-refractivity contribution in [2.24, 2.45) is 0 Å². The Kier molecular flexibility index (Phi) is 3.16. The van der Waals surface area contributed by atoms with E-state index in [4.69, 9.17) is 13.4 Å². The maximum Gasteiger partial charge on any atom is 0.284 e. The summed E-state index contributed by atoms with van der Waals surface area (Å²) in [4.78, 5) is 11.3. The molecular formula is C21H13N2O3S. The number of allylic oxidation sites excluding steroid dienone is 8. The summed E-state index contributed by atoms with van der Waals surface area (Å²) in [6.45, 7) is 0. The maximum absolute atomic E-state index is 5.99. The van der Waals surface area contributed by atoms with Crippen LogP contribution in [0.1, 0.15) is 18.4 Å². The van der Waals surface area contributed by atoms with E-state index < -0.39 is 0 Å². The van der Waals surface area contributed by atoms with Gasteiger partial charge in [0.2, 0.25) is 5.88 Å². The van der Waals surface area contributed by atoms with Crippen LogP contribution in [0.2, 0.25) is 0 Å². The standard InChI is InChI=1S/C21H13N2O3S/c1-2-9-17-13(5-1)11-23(25-17)21-16-8-3-7-15(20(16)27-26-21)14-6-4-10-18-19(14)22-12-24-18/h1-4,6-7,9-11H,5,8H2. The van der Waals surface area contributed by atoms with E-state index in [2.05, 4.69) is 29.6 Å². The van der Waals surface area contributed by atoms with Crippen molar-refractivity contribution in [1.29, 1.82) is 0 Å². The van der Waals surface area contributed by atoms with Crippen molar-refractivity contribution in [3.63, 3.8) is 0 Å². The number of aromatic nitrogens is 1. The second-order valence-electron chi connectivity index (χ2n) is 6.49. The van der Waals surface area contributed by atoms with Crippen molar-refractivity contribution < 1.29 is 13.4 Å². The second-order valence-corrected chi connectivity index (χ2v) is 7.23. The van der Waals surface area contributed by atoms with Crippen LogP contribution in [0.5, 0.6) is 0 Å². The van der Waals surface area contributed by atoms with Gasteiger partial charge in [-0.2, -0.15) is 0 Å². The van der Waals surface area contributed by atoms with Gasteiger partial charge in [0.25, 0.3) is 6.39 Å². The summed E-state index contributed by atoms with van der Waals surface area (Å²) in [7, 11) is 0. The van der Waals surface area contributed by atoms with Gasteiger partial charge in [0.1, 0.15) is 5.52 Å². The highest BCUT2D eigenvalue weighted by molar-refractivity contribution is 7.99. The number of rotatable bonds is 2. The average Bonchev–Trinajstić information content (AvgIpc) is 3.43. The van der Waals surface area contributed by atoms with E-state index in [1.165, 1.54) is 12.0 Å². The molecule has 2 aliphatic carbocycles. The van der Waals surface area contributed by atoms with Crippen LogP contribution in [-0.2, 0) is 9.02 Å². The predicted octanol–water partition coefficient (Wildman–Crippen LogP) is 5.16. The van der Waals surface area contributed by atoms with E-state index in [1.54, 1.807) is 5.06 Å². The number of hydrogen-bond acceptors (Lipinski definition) is 6. The molecule has 0 N–H and O–H groups in total. The maximum atomic E-state index is 5.99. The van der Waals surface area contributed by atoms with Crippen molar-refractivity contribution in [3.8, 4) is 0 Å². The highest BCUT2D eigenvalue weighted by Crippen LogP contribution is 2.49. The summed E-state index contributed by atoms with van der Waals surface area (Å²) >= 11 is 1.37. The molecule has 0 bridgehead atoms. The largest absolute Gasteiger partial charge is 0.432 e. The highest BCUT2D eigenvalue weighted by Gasteiger charge is 2.35. The molecule has 6 heteroatoms. The van der Waals surface area contributed by atoms with E-state index in [1.807, 2.05) is 36.6 Å². The van der Waals surface area contributed by atoms with Gasteiger partial charge in [-0.15, -0.1) is 5.06 Å². The zero-order chi connectivity index (χ0) is 17.8. The molecule has 1 radical (unpaired) electrons. The number of oxazole rings is 1. The Labute approximate surface area is 159 Å². The molecule has 0 atom stereocenters. The first-order valence-corrected chi connectivity index (χ1v) is 9.42. The van der Waals surface area contributed by atoms with Gasteiger partial charge in [-0.3, -0.25) is 0 Å². The lowest BCUT2D eigenvalue weighted by atomic mass is 9.95. The summed E-state index contributed by atoms with van der Waals surface area (Å²) in [5, 5.41) is 1.74. The minimum Gasteiger partial charge on any atom is -0.432 e. The lowest BCUT2D eigenvalue weighted by Crippen LogP contribution is -2.13. The number of benzene rings is 1. The van der Waals surface area contributed by atoms with Crippen LogP contribution in [0.3, 0.4) is 0 Å². The number of hydrogen-bond donors (Lipinski definition) is 0. The quantitative estimate of drug-likeness (QED) is 0.678. The van der Waals surface area contributed by atoms with Gasteiger partial charge in [-0.05, 0) is 25.0 Å². The van der Waals surface area contributed by atoms with Crippen LogP contribution < -0.4 is 0 Å². The fourth-order valence-electron chi connectivity index (χ4n) is 3.61. The molecule has 1 aromatic heterocycles. The minimum absolute atomic E-state index is 0.727. The summed E-state index contributed by atoms with van der Waals surface area (Å²) in [6.07, 6.45) is 16.6. The topological polar surface area (TPSA) is 47.7 Å². The molecule has 0 spiro atoms. The van der Waals surface area contributed by atoms with Crippen LogP contribution in [0.15, 0.2) is 86.9 Å². The molecule has 5 nitrogen and oxygen atoms in total. The first-order chi connectivity index (χ1) is 13.4. The van der Waals surface area contributed by atoms with E-state index in [-0.39, 0.29) is 0 Å². The Morgan fingerprint density at radius 2 is 2.19 bits per heavy atom. The first-order valence-electron chi connectivity index (χ1n) is 8.68. The van der Waals surface area contributed by atoms with Crippen LogP contribution >= 0.6 is 12.0 Å². The van der Waals surface area contributed by atoms with Crippen LogP contribution in [-0.4, -0.2) is 10.0 Å². The normalized spacial score (nSPS) is 20.5. The zero-order valence-electron chi connectivity index (χ0n) is 14.1. The summed E-state index contributed by atoms with van der Waals surface area (Å²) in [5.74, 6) is 1.62. The fourth-order valence-corrected chi connectivity index (χ4v) is 4.49. The van der Waals surface area contributed by atoms with Crippen LogP contribution in [0, 0.1) is 6.39 Å². The van der Waals surface area contributed by atoms with Gasteiger partial charge in [-0.1, -0.05) is 36.4 Å². The fraction of sp³-hybridized carbons (Fsp3) is 0.0952. The lowest BCUT2D eigenvalue weighted by Gasteiger charge is -2.17. The third-order valence-electron chi connectivity index (χ3n) is 4.90. The second kappa shape index (κ2) is 5.69. The molecule has 2 aliphatic heterocycles. The van der Waals surface area contributed by atoms with Crippen molar-refractivity contribution in [2.75, 3.05) is 0 Å². The van der Waals surface area contributed by atoms with Crippen molar-refractivity contribution in [1.82, 2.24) is 10.0 Å². The van der Waals surface area contributed by atoms with Gasteiger partial charge in [0.15, 0.2) is 11.3 Å². The molecule has 1 aromatic carbocycles. The predicted molar refractivity (Wildman–Crippen MR) is 102 cm³/mol. The molecule has 0 amide bonds. The molecule has 6 rings (SSSR count). The van der Waals surface area contributed by atoms with Gasteiger partial charge < -0.3 is 13.4 Å². The van der Waals surface area contributed by atoms with Crippen LogP contribution in [0.25, 0.3) is 16.7 Å². The Morgan fingerprint density at radius 3 is 3.15 bits per heavy atom. The molecule has 131 valence electrons. The minimum atomic E-state index is 0.727. The van der Waals surface area contributed by atoms with Crippen molar-refractivity contribution in [2.45, 2.75) is 12.8 Å². The van der Waals surface area contributed by atoms with Crippen LogP contribution in [0.4, 0.5) is 0 Å². The Hall–Kier alpha value is -3.12. The molecule has 0 unspecified atom stereocenters. The summed E-state index contributed by atoms with van der Waals surface area (Å²) in [6, 6.07) is 5.91. The number of nitrogens with zero attached hydrogens (tertiary/aromatic N) is 2. The van der Waals surface area contributed by atoms with E-state index in [0.717, 1.165) is 62.8 Å². The van der Waals surface area contributed by atoms with Gasteiger partial charge in [0.05, 0.1) is 23.1 Å². The third kappa shape index (κ3) is 2.23. The summed E-state index contributed by atoms with van der Waals surface area (Å²) in [5.41, 5.74) is 5.90. The Balaban J connectivity index is 1.46. The monoisotopic (exact) mass is 373 g/mol. The molecular weight excluding hydrogens is 360 g/mol. The number of para-hydroxylation sites is 1. The molecule has 2 aromatic rings. The number of hydroxylamine groups is 2. The molecule has 0 saturated heterocycles. The van der Waals surface area contributed by atoms with Gasteiger partial charge in [0, 0.05) is 22.3 Å². The Bertz CT molecular complexity index is 1160. The van der Waals surface area contributed by atoms with E-state index >= 15 is 0 Å². The van der Waals surface area contributed by atoms with Crippen molar-refractivity contribution >= 4 is 28.7 Å². The molecule has 27 heavy (non-hydrogen) atoms. The van der Waals surface area contributed by atoms with Gasteiger partial charge in [-0.25, -0.2) is 4.98 Å². The number of fused-ring (bicyclic) bond motifs is 3. The third-order valence-corrected chi connectivity index (χ3v) is 5.77. The first kappa shape index (κ1) is 15.0. The highest BCUT2D eigenvalue weighted by atomic mass is 32.2. The van der Waals surface area contributed by atoms with E-state index in [9.17, 15) is 0 Å². The molecule has 4 aliphatic rings. The van der Waals surface area contributed by atoms with Crippen molar-refractivity contribution in [3.05, 3.63) is 94.4 Å². The summed E-state index contributed by atoms with van der Waals surface area (Å²) < 4.78 is 11.3. The molecule has 3 heterocycles. The SMILES string of the molecule is [c]1nc2c(C3=C4SOC(N5C=C6CC=CC=C6O5)=C4CC=C3)cccc2o1. The molecule has 0 fully saturated rings. The Morgan fingerprint density at radius 1 is 1.19 bits per heavy atom. The smallest absolute Gasteiger partial charge is 0.284 e. The zero-order valence-corrected chi connectivity index (χ0v) is 15.0. The van der Waals surface area contributed by atoms with Gasteiger partial charge >= 0.3 is 0 Å². The lowest BCUT2D eigenvalue weighted by molar-refractivity contribution is -0.0508.